The molecule has 1 heterocycles. The maximum Gasteiger partial charge on any atom is 0.261 e. The monoisotopic (exact) mass is 431 g/mol. The second-order valence-corrected chi connectivity index (χ2v) is 13.6. The van der Waals surface area contributed by atoms with Crippen molar-refractivity contribution < 1.29 is 9.16 Å². The summed E-state index contributed by atoms with van der Waals surface area (Å²) < 4.78 is 13.3. The van der Waals surface area contributed by atoms with Gasteiger partial charge >= 0.3 is 0 Å². The van der Waals surface area contributed by atoms with Crippen molar-refractivity contribution in [2.24, 2.45) is 0 Å². The van der Waals surface area contributed by atoms with Gasteiger partial charge in [0.15, 0.2) is 0 Å². The molecule has 0 aromatic heterocycles. The van der Waals surface area contributed by atoms with Crippen molar-refractivity contribution in [1.82, 2.24) is 5.32 Å². The average molecular weight is 432 g/mol. The SMILES string of the molecule is CC(C)(C)[Si](OC[C@@H]1NC[C@H]1OCc1ccccc1)(c1ccccc1)c1ccccc1. The zero-order chi connectivity index (χ0) is 21.7. The van der Waals surface area contributed by atoms with E-state index >= 15 is 0 Å². The van der Waals surface area contributed by atoms with Crippen molar-refractivity contribution in [3.63, 3.8) is 0 Å². The lowest BCUT2D eigenvalue weighted by atomic mass is 10.0. The smallest absolute Gasteiger partial charge is 0.261 e. The largest absolute Gasteiger partial charge is 0.406 e. The summed E-state index contributed by atoms with van der Waals surface area (Å²) in [5, 5.41) is 6.15. The molecule has 0 amide bonds. The van der Waals surface area contributed by atoms with Gasteiger partial charge in [-0.25, -0.2) is 0 Å². The minimum Gasteiger partial charge on any atom is -0.406 e. The highest BCUT2D eigenvalue weighted by Gasteiger charge is 2.51. The van der Waals surface area contributed by atoms with Crippen LogP contribution < -0.4 is 15.7 Å². The van der Waals surface area contributed by atoms with Crippen LogP contribution in [0, 0.1) is 0 Å². The predicted molar refractivity (Wildman–Crippen MR) is 130 cm³/mol. The fraction of sp³-hybridized carbons (Fsp3) is 0.333. The van der Waals surface area contributed by atoms with E-state index in [-0.39, 0.29) is 17.2 Å². The molecule has 31 heavy (non-hydrogen) atoms. The predicted octanol–water partition coefficient (Wildman–Crippen LogP) is 4.12. The zero-order valence-electron chi connectivity index (χ0n) is 18.8. The Labute approximate surface area is 187 Å². The maximum atomic E-state index is 7.05. The summed E-state index contributed by atoms with van der Waals surface area (Å²) in [5.74, 6) is 0. The Kier molecular flexibility index (Phi) is 6.73. The molecule has 3 nitrogen and oxygen atoms in total. The van der Waals surface area contributed by atoms with Crippen molar-refractivity contribution in [1.29, 1.82) is 0 Å². The Morgan fingerprint density at radius 3 is 1.77 bits per heavy atom. The first-order chi connectivity index (χ1) is 15.0. The third-order valence-corrected chi connectivity index (χ3v) is 11.2. The maximum absolute atomic E-state index is 7.05. The summed E-state index contributed by atoms with van der Waals surface area (Å²) in [6.07, 6.45) is 0.179. The van der Waals surface area contributed by atoms with Crippen LogP contribution in [0.4, 0.5) is 0 Å². The van der Waals surface area contributed by atoms with Gasteiger partial charge in [0, 0.05) is 6.54 Å². The molecule has 0 radical (unpaired) electrons. The molecule has 1 N–H and O–H groups in total. The van der Waals surface area contributed by atoms with E-state index in [1.807, 2.05) is 6.07 Å². The summed E-state index contributed by atoms with van der Waals surface area (Å²) in [6.45, 7) is 9.11. The highest BCUT2D eigenvalue weighted by Crippen LogP contribution is 2.37. The summed E-state index contributed by atoms with van der Waals surface area (Å²) in [4.78, 5) is 0. The fourth-order valence-corrected chi connectivity index (χ4v) is 9.06. The standard InChI is InChI=1S/C27H33NO2Si/c1-27(2,3)31(23-15-9-5-10-16-23,24-17-11-6-12-18-24)30-21-25-26(19-28-25)29-20-22-13-7-4-8-14-22/h4-18,25-26,28H,19-21H2,1-3H3/t25-,26+/m0/s1. The third kappa shape index (κ3) is 4.68. The summed E-state index contributed by atoms with van der Waals surface area (Å²) in [5.41, 5.74) is 1.21. The molecule has 4 heteroatoms. The lowest BCUT2D eigenvalue weighted by Gasteiger charge is -2.46. The number of benzene rings is 3. The normalized spacial score (nSPS) is 19.1. The van der Waals surface area contributed by atoms with Gasteiger partial charge in [-0.15, -0.1) is 0 Å². The van der Waals surface area contributed by atoms with Gasteiger partial charge in [-0.2, -0.15) is 0 Å². The minimum atomic E-state index is -2.51. The van der Waals surface area contributed by atoms with Crippen LogP contribution in [0.25, 0.3) is 0 Å². The average Bonchev–Trinajstić information content (AvgIpc) is 2.77. The highest BCUT2D eigenvalue weighted by molar-refractivity contribution is 6.99. The second-order valence-electron chi connectivity index (χ2n) is 9.32. The van der Waals surface area contributed by atoms with Crippen LogP contribution in [0.3, 0.4) is 0 Å². The molecular weight excluding hydrogens is 398 g/mol. The van der Waals surface area contributed by atoms with Gasteiger partial charge in [0.1, 0.15) is 0 Å². The Morgan fingerprint density at radius 1 is 0.806 bits per heavy atom. The summed E-state index contributed by atoms with van der Waals surface area (Å²) in [6, 6.07) is 32.2. The van der Waals surface area contributed by atoms with Gasteiger partial charge in [-0.05, 0) is 21.0 Å². The van der Waals surface area contributed by atoms with E-state index in [9.17, 15) is 0 Å². The van der Waals surface area contributed by atoms with Crippen molar-refractivity contribution >= 4 is 18.7 Å². The van der Waals surface area contributed by atoms with Crippen molar-refractivity contribution in [3.05, 3.63) is 96.6 Å². The summed E-state index contributed by atoms with van der Waals surface area (Å²) in [7, 11) is -2.51. The molecule has 3 aromatic carbocycles. The lowest BCUT2D eigenvalue weighted by Crippen LogP contribution is -2.69. The first-order valence-electron chi connectivity index (χ1n) is 11.1. The van der Waals surface area contributed by atoms with Gasteiger partial charge < -0.3 is 14.5 Å². The molecule has 1 fully saturated rings. The highest BCUT2D eigenvalue weighted by atomic mass is 28.4. The van der Waals surface area contributed by atoms with Gasteiger partial charge in [0.25, 0.3) is 8.32 Å². The molecule has 1 saturated heterocycles. The van der Waals surface area contributed by atoms with Gasteiger partial charge in [-0.1, -0.05) is 112 Å². The molecule has 0 aliphatic carbocycles. The Hall–Kier alpha value is -2.24. The topological polar surface area (TPSA) is 30.5 Å². The molecule has 0 unspecified atom stereocenters. The van der Waals surface area contributed by atoms with Crippen LogP contribution >= 0.6 is 0 Å². The van der Waals surface area contributed by atoms with Crippen molar-refractivity contribution in [2.75, 3.05) is 13.2 Å². The molecule has 3 aromatic rings. The van der Waals surface area contributed by atoms with E-state index in [0.717, 1.165) is 6.54 Å². The quantitative estimate of drug-likeness (QED) is 0.544. The minimum absolute atomic E-state index is 0.0140. The van der Waals surface area contributed by atoms with Crippen molar-refractivity contribution in [3.8, 4) is 0 Å². The molecule has 0 bridgehead atoms. The first-order valence-corrected chi connectivity index (χ1v) is 13.1. The molecule has 1 aliphatic heterocycles. The Balaban J connectivity index is 1.54. The number of rotatable bonds is 8. The van der Waals surface area contributed by atoms with Crippen LogP contribution in [0.15, 0.2) is 91.0 Å². The molecule has 0 saturated carbocycles. The number of ether oxygens (including phenoxy) is 1. The first kappa shape index (κ1) is 22.0. The number of hydrogen-bond donors (Lipinski definition) is 1. The molecule has 0 spiro atoms. The molecule has 162 valence electrons. The van der Waals surface area contributed by atoms with E-state index in [1.165, 1.54) is 15.9 Å². The number of hydrogen-bond acceptors (Lipinski definition) is 3. The van der Waals surface area contributed by atoms with E-state index in [2.05, 4.69) is 111 Å². The third-order valence-electron chi connectivity index (χ3n) is 6.23. The molecule has 4 rings (SSSR count). The van der Waals surface area contributed by atoms with Crippen LogP contribution in [-0.2, 0) is 15.8 Å². The van der Waals surface area contributed by atoms with Crippen molar-refractivity contribution in [2.45, 2.75) is 44.6 Å². The van der Waals surface area contributed by atoms with Gasteiger partial charge in [0.2, 0.25) is 0 Å². The fourth-order valence-electron chi connectivity index (χ4n) is 4.48. The second kappa shape index (κ2) is 9.49. The van der Waals surface area contributed by atoms with Crippen LogP contribution in [0.1, 0.15) is 26.3 Å². The Morgan fingerprint density at radius 2 is 1.32 bits per heavy atom. The molecule has 2 atom stereocenters. The Bertz CT molecular complexity index is 902. The summed E-state index contributed by atoms with van der Waals surface area (Å²) >= 11 is 0. The van der Waals surface area contributed by atoms with E-state index in [4.69, 9.17) is 9.16 Å². The number of nitrogens with one attached hydrogen (secondary N) is 1. The van der Waals surface area contributed by atoms with E-state index < -0.39 is 8.32 Å². The van der Waals surface area contributed by atoms with Crippen LogP contribution in [0.5, 0.6) is 0 Å². The molecular formula is C27H33NO2Si. The van der Waals surface area contributed by atoms with Crippen LogP contribution in [-0.4, -0.2) is 33.6 Å². The van der Waals surface area contributed by atoms with Crippen LogP contribution in [0.2, 0.25) is 5.04 Å². The lowest BCUT2D eigenvalue weighted by molar-refractivity contribution is -0.0411. The molecule has 1 aliphatic rings. The zero-order valence-corrected chi connectivity index (χ0v) is 19.8. The van der Waals surface area contributed by atoms with E-state index in [0.29, 0.717) is 13.2 Å². The van der Waals surface area contributed by atoms with Gasteiger partial charge in [0.05, 0.1) is 25.4 Å². The van der Waals surface area contributed by atoms with Gasteiger partial charge in [-0.3, -0.25) is 0 Å². The van der Waals surface area contributed by atoms with E-state index in [1.54, 1.807) is 0 Å².